The number of hydrogen-bond acceptors (Lipinski definition) is 7. The Morgan fingerprint density at radius 3 is 2.83 bits per heavy atom. The fourth-order valence-electron chi connectivity index (χ4n) is 2.08. The van der Waals surface area contributed by atoms with Crippen LogP contribution in [0.3, 0.4) is 0 Å². The third-order valence-electron chi connectivity index (χ3n) is 3.27. The number of carbonyl (C=O) groups is 2. The molecule has 3 rings (SSSR count). The second kappa shape index (κ2) is 6.78. The number of benzene rings is 1. The van der Waals surface area contributed by atoms with Crippen molar-refractivity contribution in [3.8, 4) is 11.4 Å². The van der Waals surface area contributed by atoms with Gasteiger partial charge in [0.05, 0.1) is 13.0 Å². The number of nitrogens with zero attached hydrogens (tertiary/aromatic N) is 2. The highest BCUT2D eigenvalue weighted by atomic mass is 35.5. The van der Waals surface area contributed by atoms with Gasteiger partial charge in [0.1, 0.15) is 0 Å². The van der Waals surface area contributed by atoms with E-state index in [2.05, 4.69) is 10.1 Å². The van der Waals surface area contributed by atoms with Crippen LogP contribution in [-0.2, 0) is 25.5 Å². The van der Waals surface area contributed by atoms with Crippen molar-refractivity contribution in [3.63, 3.8) is 0 Å². The molecule has 1 atom stereocenters. The quantitative estimate of drug-likeness (QED) is 0.773. The number of ether oxygens (including phenoxy) is 2. The predicted octanol–water partition coefficient (Wildman–Crippen LogP) is 2.18. The number of rotatable bonds is 5. The van der Waals surface area contributed by atoms with Gasteiger partial charge in [0.25, 0.3) is 0 Å². The molecule has 0 aliphatic carbocycles. The first-order valence-corrected chi connectivity index (χ1v) is 7.44. The molecule has 1 aliphatic rings. The van der Waals surface area contributed by atoms with Crippen molar-refractivity contribution in [1.82, 2.24) is 10.1 Å². The molecule has 2 heterocycles. The van der Waals surface area contributed by atoms with E-state index in [1.54, 1.807) is 24.3 Å². The summed E-state index contributed by atoms with van der Waals surface area (Å²) in [4.78, 5) is 27.1. The lowest BCUT2D eigenvalue weighted by molar-refractivity contribution is -0.160. The summed E-state index contributed by atoms with van der Waals surface area (Å²) in [6.45, 7) is 0.283. The molecule has 1 aromatic heterocycles. The molecule has 7 nitrogen and oxygen atoms in total. The number of halogens is 1. The van der Waals surface area contributed by atoms with E-state index < -0.39 is 18.0 Å². The number of cyclic esters (lactones) is 1. The maximum Gasteiger partial charge on any atom is 0.347 e. The van der Waals surface area contributed by atoms with Crippen molar-refractivity contribution >= 4 is 23.5 Å². The number of esters is 2. The first kappa shape index (κ1) is 15.5. The van der Waals surface area contributed by atoms with Crippen LogP contribution in [0.4, 0.5) is 0 Å². The van der Waals surface area contributed by atoms with Crippen LogP contribution in [0.25, 0.3) is 11.4 Å². The van der Waals surface area contributed by atoms with Crippen molar-refractivity contribution in [1.29, 1.82) is 0 Å². The van der Waals surface area contributed by atoms with Crippen LogP contribution in [0.5, 0.6) is 0 Å². The lowest BCUT2D eigenvalue weighted by Gasteiger charge is -2.06. The first-order valence-electron chi connectivity index (χ1n) is 7.06. The van der Waals surface area contributed by atoms with Gasteiger partial charge in [0.2, 0.25) is 17.8 Å². The van der Waals surface area contributed by atoms with Crippen LogP contribution in [0.15, 0.2) is 28.8 Å². The minimum Gasteiger partial charge on any atom is -0.463 e. The summed E-state index contributed by atoms with van der Waals surface area (Å²) in [6, 6.07) is 7.00. The Labute approximate surface area is 136 Å². The zero-order valence-electron chi connectivity index (χ0n) is 12.0. The van der Waals surface area contributed by atoms with Gasteiger partial charge in [-0.05, 0) is 24.3 Å². The van der Waals surface area contributed by atoms with Gasteiger partial charge in [-0.3, -0.25) is 4.79 Å². The molecule has 0 saturated carbocycles. The molecule has 1 saturated heterocycles. The summed E-state index contributed by atoms with van der Waals surface area (Å²) in [6.07, 6.45) is -0.117. The Morgan fingerprint density at radius 1 is 1.35 bits per heavy atom. The SMILES string of the molecule is O=C(CCc1nc(-c2ccc(Cl)cc2)no1)O[C@@H]1CCOC1=O. The first-order chi connectivity index (χ1) is 11.1. The molecule has 0 amide bonds. The Bertz CT molecular complexity index is 713. The second-order valence-corrected chi connectivity index (χ2v) is 5.39. The topological polar surface area (TPSA) is 91.5 Å². The van der Waals surface area contributed by atoms with Crippen molar-refractivity contribution in [2.75, 3.05) is 6.61 Å². The summed E-state index contributed by atoms with van der Waals surface area (Å²) < 4.78 is 14.9. The molecule has 0 bridgehead atoms. The predicted molar refractivity (Wildman–Crippen MR) is 78.5 cm³/mol. The van der Waals surface area contributed by atoms with Crippen LogP contribution in [-0.4, -0.2) is 34.8 Å². The van der Waals surface area contributed by atoms with Crippen LogP contribution >= 0.6 is 11.6 Å². The van der Waals surface area contributed by atoms with E-state index in [1.807, 2.05) is 0 Å². The van der Waals surface area contributed by atoms with Crippen molar-refractivity contribution in [2.24, 2.45) is 0 Å². The Morgan fingerprint density at radius 2 is 2.13 bits per heavy atom. The average molecular weight is 337 g/mol. The number of hydrogen-bond donors (Lipinski definition) is 0. The summed E-state index contributed by atoms with van der Waals surface area (Å²) in [5.74, 6) is -0.258. The summed E-state index contributed by atoms with van der Waals surface area (Å²) >= 11 is 5.82. The van der Waals surface area contributed by atoms with E-state index in [0.717, 1.165) is 5.56 Å². The molecule has 1 fully saturated rings. The maximum atomic E-state index is 11.7. The van der Waals surface area contributed by atoms with Crippen LogP contribution in [0, 0.1) is 0 Å². The molecule has 1 aromatic carbocycles. The normalized spacial score (nSPS) is 17.1. The number of carbonyl (C=O) groups excluding carboxylic acids is 2. The number of aromatic nitrogens is 2. The average Bonchev–Trinajstić information content (AvgIpc) is 3.16. The van der Waals surface area contributed by atoms with Gasteiger partial charge in [-0.25, -0.2) is 4.79 Å². The van der Waals surface area contributed by atoms with Gasteiger partial charge in [0.15, 0.2) is 0 Å². The van der Waals surface area contributed by atoms with Crippen LogP contribution in [0.1, 0.15) is 18.7 Å². The van der Waals surface area contributed by atoms with Gasteiger partial charge >= 0.3 is 11.9 Å². The van der Waals surface area contributed by atoms with E-state index in [4.69, 9.17) is 25.6 Å². The lowest BCUT2D eigenvalue weighted by atomic mass is 10.2. The summed E-state index contributed by atoms with van der Waals surface area (Å²) in [5, 5.41) is 4.47. The van der Waals surface area contributed by atoms with E-state index in [9.17, 15) is 9.59 Å². The Balaban J connectivity index is 1.53. The third kappa shape index (κ3) is 3.87. The van der Waals surface area contributed by atoms with Gasteiger partial charge in [-0.15, -0.1) is 0 Å². The van der Waals surface area contributed by atoms with E-state index in [0.29, 0.717) is 23.2 Å². The maximum absolute atomic E-state index is 11.7. The molecule has 120 valence electrons. The summed E-state index contributed by atoms with van der Waals surface area (Å²) in [7, 11) is 0. The standard InChI is InChI=1S/C15H13ClN2O5/c16-10-3-1-9(2-4-10)14-17-12(23-18-14)5-6-13(19)22-11-7-8-21-15(11)20/h1-4,11H,5-8H2/t11-/m1/s1. The van der Waals surface area contributed by atoms with Crippen molar-refractivity contribution in [2.45, 2.75) is 25.4 Å². The molecule has 0 N–H and O–H groups in total. The molecule has 0 radical (unpaired) electrons. The summed E-state index contributed by atoms with van der Waals surface area (Å²) in [5.41, 5.74) is 0.765. The highest BCUT2D eigenvalue weighted by Crippen LogP contribution is 2.19. The lowest BCUT2D eigenvalue weighted by Crippen LogP contribution is -2.22. The Kier molecular flexibility index (Phi) is 4.57. The fourth-order valence-corrected chi connectivity index (χ4v) is 2.21. The molecule has 23 heavy (non-hydrogen) atoms. The molecular formula is C15H13ClN2O5. The van der Waals surface area contributed by atoms with Gasteiger partial charge < -0.3 is 14.0 Å². The van der Waals surface area contributed by atoms with Crippen LogP contribution < -0.4 is 0 Å². The van der Waals surface area contributed by atoms with Crippen molar-refractivity contribution in [3.05, 3.63) is 35.2 Å². The van der Waals surface area contributed by atoms with E-state index >= 15 is 0 Å². The largest absolute Gasteiger partial charge is 0.463 e. The highest BCUT2D eigenvalue weighted by molar-refractivity contribution is 6.30. The minimum absolute atomic E-state index is 0.0476. The molecular weight excluding hydrogens is 324 g/mol. The van der Waals surface area contributed by atoms with E-state index in [1.165, 1.54) is 0 Å². The molecule has 2 aromatic rings. The molecule has 8 heteroatoms. The second-order valence-electron chi connectivity index (χ2n) is 4.95. The monoisotopic (exact) mass is 336 g/mol. The molecule has 1 aliphatic heterocycles. The molecule has 0 unspecified atom stereocenters. The van der Waals surface area contributed by atoms with Crippen molar-refractivity contribution < 1.29 is 23.6 Å². The molecule has 0 spiro atoms. The van der Waals surface area contributed by atoms with Crippen LogP contribution in [0.2, 0.25) is 5.02 Å². The van der Waals surface area contributed by atoms with Gasteiger partial charge in [-0.1, -0.05) is 16.8 Å². The fraction of sp³-hybridized carbons (Fsp3) is 0.333. The zero-order valence-corrected chi connectivity index (χ0v) is 12.8. The Hall–Kier alpha value is -2.41. The zero-order chi connectivity index (χ0) is 16.2. The smallest absolute Gasteiger partial charge is 0.347 e. The minimum atomic E-state index is -0.796. The van der Waals surface area contributed by atoms with Gasteiger partial charge in [0, 0.05) is 23.4 Å². The number of aryl methyl sites for hydroxylation is 1. The van der Waals surface area contributed by atoms with Gasteiger partial charge in [-0.2, -0.15) is 4.98 Å². The highest BCUT2D eigenvalue weighted by Gasteiger charge is 2.30. The van der Waals surface area contributed by atoms with E-state index in [-0.39, 0.29) is 19.4 Å². The third-order valence-corrected chi connectivity index (χ3v) is 3.53.